The summed E-state index contributed by atoms with van der Waals surface area (Å²) in [5.74, 6) is 2.61. The van der Waals surface area contributed by atoms with E-state index in [1.54, 1.807) is 11.1 Å². The summed E-state index contributed by atoms with van der Waals surface area (Å²) in [6.45, 7) is 8.76. The number of hydrogen-bond acceptors (Lipinski definition) is 0. The Morgan fingerprint density at radius 1 is 0.963 bits per heavy atom. The van der Waals surface area contributed by atoms with E-state index >= 15 is 0 Å². The fraction of sp³-hybridized carbons (Fsp3) is 0.778. The molecule has 2 atom stereocenters. The number of allylic oxidation sites excluding steroid dienone is 5. The van der Waals surface area contributed by atoms with E-state index in [9.17, 15) is 0 Å². The lowest BCUT2D eigenvalue weighted by Gasteiger charge is -2.26. The second-order valence-corrected chi connectivity index (χ2v) is 9.40. The van der Waals surface area contributed by atoms with Gasteiger partial charge in [-0.3, -0.25) is 0 Å². The molecule has 0 nitrogen and oxygen atoms in total. The molecule has 0 N–H and O–H groups in total. The largest absolute Gasteiger partial charge is 0.103 e. The predicted octanol–water partition coefficient (Wildman–Crippen LogP) is 9.18. The maximum absolute atomic E-state index is 3.97. The summed E-state index contributed by atoms with van der Waals surface area (Å²) in [6, 6.07) is 0. The smallest absolute Gasteiger partial charge is 0.0133 e. The van der Waals surface area contributed by atoms with Crippen molar-refractivity contribution < 1.29 is 0 Å². The van der Waals surface area contributed by atoms with Gasteiger partial charge in [0.25, 0.3) is 0 Å². The van der Waals surface area contributed by atoms with Gasteiger partial charge in [0, 0.05) is 0 Å². The molecule has 0 aromatic rings. The highest BCUT2D eigenvalue weighted by Crippen LogP contribution is 2.38. The third-order valence-electron chi connectivity index (χ3n) is 7.13. The van der Waals surface area contributed by atoms with Crippen molar-refractivity contribution in [1.29, 1.82) is 0 Å². The maximum atomic E-state index is 3.97. The second kappa shape index (κ2) is 13.4. The fourth-order valence-corrected chi connectivity index (χ4v) is 5.19. The summed E-state index contributed by atoms with van der Waals surface area (Å²) in [5.41, 5.74) is 3.51. The van der Waals surface area contributed by atoms with Crippen molar-refractivity contribution in [1.82, 2.24) is 0 Å². The Morgan fingerprint density at radius 2 is 1.74 bits per heavy atom. The molecule has 2 rings (SSSR count). The van der Waals surface area contributed by atoms with Crippen LogP contribution in [0.2, 0.25) is 0 Å². The quantitative estimate of drug-likeness (QED) is 0.211. The SMILES string of the molecule is C=CCCC(CCC(C)CCCCCCC)C1=CCC(C2CCCC2)=CC1. The van der Waals surface area contributed by atoms with E-state index < -0.39 is 0 Å². The van der Waals surface area contributed by atoms with Crippen LogP contribution >= 0.6 is 0 Å². The average molecular weight is 371 g/mol. The monoisotopic (exact) mass is 370 g/mol. The lowest BCUT2D eigenvalue weighted by Crippen LogP contribution is -2.10. The molecule has 0 heterocycles. The summed E-state index contributed by atoms with van der Waals surface area (Å²) in [4.78, 5) is 0. The van der Waals surface area contributed by atoms with Crippen LogP contribution in [-0.4, -0.2) is 0 Å². The number of unbranched alkanes of at least 4 members (excludes halogenated alkanes) is 4. The Balaban J connectivity index is 1.74. The molecule has 0 aromatic heterocycles. The van der Waals surface area contributed by atoms with Gasteiger partial charge in [-0.25, -0.2) is 0 Å². The first-order chi connectivity index (χ1) is 13.2. The Hall–Kier alpha value is -0.780. The molecule has 0 bridgehead atoms. The van der Waals surface area contributed by atoms with Gasteiger partial charge in [0.15, 0.2) is 0 Å². The van der Waals surface area contributed by atoms with E-state index in [2.05, 4.69) is 38.7 Å². The van der Waals surface area contributed by atoms with Gasteiger partial charge in [-0.1, -0.05) is 101 Å². The van der Waals surface area contributed by atoms with Gasteiger partial charge < -0.3 is 0 Å². The molecule has 0 spiro atoms. The molecule has 1 fully saturated rings. The maximum Gasteiger partial charge on any atom is -0.0133 e. The Bertz CT molecular complexity index is 460. The molecule has 2 aliphatic carbocycles. The zero-order valence-corrected chi connectivity index (χ0v) is 18.5. The Morgan fingerprint density at radius 3 is 2.41 bits per heavy atom. The standard InChI is InChI=1S/C27H46/c1-4-6-8-9-10-13-23(3)17-18-25(14-7-5-2)27-21-19-26(20-22-27)24-15-11-12-16-24/h5,19,22-25H,2,4,6-18,20-21H2,1,3H3. The van der Waals surface area contributed by atoms with Crippen LogP contribution < -0.4 is 0 Å². The number of rotatable bonds is 14. The molecule has 2 aliphatic rings. The third-order valence-corrected chi connectivity index (χ3v) is 7.13. The van der Waals surface area contributed by atoms with Crippen molar-refractivity contribution in [2.45, 2.75) is 117 Å². The van der Waals surface area contributed by atoms with E-state index in [0.717, 1.165) is 17.8 Å². The third kappa shape index (κ3) is 8.41. The molecule has 1 saturated carbocycles. The van der Waals surface area contributed by atoms with Gasteiger partial charge in [-0.05, 0) is 62.7 Å². The van der Waals surface area contributed by atoms with Crippen molar-refractivity contribution in [3.8, 4) is 0 Å². The summed E-state index contributed by atoms with van der Waals surface area (Å²) < 4.78 is 0. The molecule has 0 heteroatoms. The van der Waals surface area contributed by atoms with Crippen LogP contribution in [-0.2, 0) is 0 Å². The van der Waals surface area contributed by atoms with Crippen molar-refractivity contribution >= 4 is 0 Å². The summed E-state index contributed by atoms with van der Waals surface area (Å²) in [7, 11) is 0. The van der Waals surface area contributed by atoms with Crippen molar-refractivity contribution in [3.63, 3.8) is 0 Å². The normalized spacial score (nSPS) is 20.2. The molecule has 154 valence electrons. The first-order valence-electron chi connectivity index (χ1n) is 12.2. The Kier molecular flexibility index (Phi) is 11.2. The summed E-state index contributed by atoms with van der Waals surface area (Å²) in [5, 5.41) is 0. The first kappa shape index (κ1) is 22.5. The highest BCUT2D eigenvalue weighted by molar-refractivity contribution is 5.25. The van der Waals surface area contributed by atoms with E-state index in [1.165, 1.54) is 103 Å². The van der Waals surface area contributed by atoms with Crippen LogP contribution in [0, 0.1) is 17.8 Å². The molecule has 0 aliphatic heterocycles. The molecule has 0 aromatic carbocycles. The van der Waals surface area contributed by atoms with Crippen LogP contribution in [0.15, 0.2) is 36.0 Å². The highest BCUT2D eigenvalue weighted by Gasteiger charge is 2.22. The minimum atomic E-state index is 0.798. The zero-order valence-electron chi connectivity index (χ0n) is 18.5. The second-order valence-electron chi connectivity index (χ2n) is 9.40. The number of hydrogen-bond donors (Lipinski definition) is 0. The highest BCUT2D eigenvalue weighted by atomic mass is 14.3. The first-order valence-corrected chi connectivity index (χ1v) is 12.2. The molecule has 0 saturated heterocycles. The Labute approximate surface area is 170 Å². The van der Waals surface area contributed by atoms with Gasteiger partial charge in [0.05, 0.1) is 0 Å². The molecule has 0 amide bonds. The summed E-state index contributed by atoms with van der Waals surface area (Å²) >= 11 is 0. The van der Waals surface area contributed by atoms with Gasteiger partial charge >= 0.3 is 0 Å². The van der Waals surface area contributed by atoms with Crippen LogP contribution in [0.4, 0.5) is 0 Å². The minimum Gasteiger partial charge on any atom is -0.103 e. The van der Waals surface area contributed by atoms with E-state index in [4.69, 9.17) is 0 Å². The van der Waals surface area contributed by atoms with E-state index in [0.29, 0.717) is 0 Å². The zero-order chi connectivity index (χ0) is 19.3. The van der Waals surface area contributed by atoms with Crippen LogP contribution in [0.1, 0.15) is 117 Å². The minimum absolute atomic E-state index is 0.798. The van der Waals surface area contributed by atoms with Crippen molar-refractivity contribution in [2.24, 2.45) is 17.8 Å². The van der Waals surface area contributed by atoms with Crippen LogP contribution in [0.3, 0.4) is 0 Å². The van der Waals surface area contributed by atoms with E-state index in [1.807, 2.05) is 0 Å². The topological polar surface area (TPSA) is 0 Å². The van der Waals surface area contributed by atoms with Gasteiger partial charge in [0.2, 0.25) is 0 Å². The molecule has 2 unspecified atom stereocenters. The lowest BCUT2D eigenvalue weighted by molar-refractivity contribution is 0.394. The predicted molar refractivity (Wildman–Crippen MR) is 122 cm³/mol. The van der Waals surface area contributed by atoms with Crippen molar-refractivity contribution in [3.05, 3.63) is 36.0 Å². The fourth-order valence-electron chi connectivity index (χ4n) is 5.19. The molecular weight excluding hydrogens is 324 g/mol. The van der Waals surface area contributed by atoms with Crippen molar-refractivity contribution in [2.75, 3.05) is 0 Å². The van der Waals surface area contributed by atoms with Gasteiger partial charge in [-0.2, -0.15) is 0 Å². The summed E-state index contributed by atoms with van der Waals surface area (Å²) in [6.07, 6.45) is 29.5. The molecule has 0 radical (unpaired) electrons. The lowest BCUT2D eigenvalue weighted by atomic mass is 9.80. The molecular formula is C27H46. The van der Waals surface area contributed by atoms with Gasteiger partial charge in [-0.15, -0.1) is 6.58 Å². The molecule has 27 heavy (non-hydrogen) atoms. The van der Waals surface area contributed by atoms with Crippen LogP contribution in [0.5, 0.6) is 0 Å². The van der Waals surface area contributed by atoms with E-state index in [-0.39, 0.29) is 0 Å². The average Bonchev–Trinajstić information content (AvgIpc) is 3.23. The van der Waals surface area contributed by atoms with Gasteiger partial charge in [0.1, 0.15) is 0 Å². The van der Waals surface area contributed by atoms with Crippen LogP contribution in [0.25, 0.3) is 0 Å².